The Morgan fingerprint density at radius 3 is 3.07 bits per heavy atom. The van der Waals surface area contributed by atoms with Crippen LogP contribution >= 0.6 is 15.9 Å². The molecule has 0 aliphatic carbocycles. The minimum Gasteiger partial charge on any atom is -0.396 e. The van der Waals surface area contributed by atoms with Crippen LogP contribution in [-0.2, 0) is 0 Å². The van der Waals surface area contributed by atoms with Gasteiger partial charge in [-0.05, 0) is 35.3 Å². The van der Waals surface area contributed by atoms with Crippen molar-refractivity contribution < 1.29 is 0 Å². The first-order valence-electron chi connectivity index (χ1n) is 4.42. The van der Waals surface area contributed by atoms with E-state index in [1.54, 1.807) is 6.20 Å². The number of nitrogens with zero attached hydrogens (tertiary/aromatic N) is 1. The summed E-state index contributed by atoms with van der Waals surface area (Å²) in [6, 6.07) is 2.12. The molecule has 1 unspecified atom stereocenters. The number of hydrogen-bond acceptors (Lipinski definition) is 3. The summed E-state index contributed by atoms with van der Waals surface area (Å²) in [6.07, 6.45) is 4.48. The molecule has 0 bridgehead atoms. The number of aromatic nitrogens is 1. The minimum atomic E-state index is 0.295. The predicted octanol–water partition coefficient (Wildman–Crippen LogP) is 2.80. The molecule has 1 rings (SSSR count). The highest BCUT2D eigenvalue weighted by atomic mass is 79.9. The first-order chi connectivity index (χ1) is 6.63. The monoisotopic (exact) mass is 255 g/mol. The number of nitrogens with one attached hydrogen (secondary N) is 1. The van der Waals surface area contributed by atoms with Crippen molar-refractivity contribution in [1.29, 1.82) is 0 Å². The number of nitrogen functional groups attached to an aromatic ring is 1. The molecular formula is C10H14BrN3. The number of pyridine rings is 1. The van der Waals surface area contributed by atoms with E-state index < -0.39 is 0 Å². The molecule has 4 heteroatoms. The van der Waals surface area contributed by atoms with Crippen LogP contribution in [0.5, 0.6) is 0 Å². The van der Waals surface area contributed by atoms with Gasteiger partial charge in [0.2, 0.25) is 0 Å². The Labute approximate surface area is 92.5 Å². The third-order valence-corrected chi connectivity index (χ3v) is 2.22. The van der Waals surface area contributed by atoms with Crippen molar-refractivity contribution in [3.8, 4) is 0 Å². The van der Waals surface area contributed by atoms with Crippen LogP contribution in [0.3, 0.4) is 0 Å². The van der Waals surface area contributed by atoms with Gasteiger partial charge in [0.1, 0.15) is 5.82 Å². The quantitative estimate of drug-likeness (QED) is 0.814. The second-order valence-electron chi connectivity index (χ2n) is 3.16. The predicted molar refractivity (Wildman–Crippen MR) is 64.2 cm³/mol. The van der Waals surface area contributed by atoms with Crippen LogP contribution < -0.4 is 11.1 Å². The lowest BCUT2D eigenvalue weighted by atomic mass is 10.2. The molecule has 0 aliphatic heterocycles. The molecule has 1 aromatic rings. The molecule has 76 valence electrons. The highest BCUT2D eigenvalue weighted by Crippen LogP contribution is 2.20. The van der Waals surface area contributed by atoms with E-state index >= 15 is 0 Å². The molecule has 0 radical (unpaired) electrons. The molecule has 0 saturated carbocycles. The van der Waals surface area contributed by atoms with Gasteiger partial charge >= 0.3 is 0 Å². The molecule has 1 atom stereocenters. The summed E-state index contributed by atoms with van der Waals surface area (Å²) in [5.74, 6) is 0.725. The Hall–Kier alpha value is -1.03. The van der Waals surface area contributed by atoms with Crippen molar-refractivity contribution >= 4 is 27.4 Å². The summed E-state index contributed by atoms with van der Waals surface area (Å²) >= 11 is 3.31. The van der Waals surface area contributed by atoms with Crippen LogP contribution in [0, 0.1) is 0 Å². The molecule has 0 saturated heterocycles. The normalized spacial score (nSPS) is 12.1. The van der Waals surface area contributed by atoms with Gasteiger partial charge < -0.3 is 11.1 Å². The van der Waals surface area contributed by atoms with Crippen LogP contribution in [0.1, 0.15) is 13.3 Å². The van der Waals surface area contributed by atoms with E-state index in [-0.39, 0.29) is 0 Å². The Morgan fingerprint density at radius 1 is 1.79 bits per heavy atom. The number of hydrogen-bond donors (Lipinski definition) is 2. The lowest BCUT2D eigenvalue weighted by Gasteiger charge is -2.13. The fourth-order valence-corrected chi connectivity index (χ4v) is 1.47. The second kappa shape index (κ2) is 5.00. The number of halogens is 1. The standard InChI is InChI=1S/C10H14BrN3/c1-3-4-7(2)14-10-9(12)5-8(11)6-13-10/h3,5-7H,1,4,12H2,2H3,(H,13,14). The van der Waals surface area contributed by atoms with Crippen LogP contribution in [0.4, 0.5) is 11.5 Å². The van der Waals surface area contributed by atoms with Crippen molar-refractivity contribution in [3.05, 3.63) is 29.4 Å². The van der Waals surface area contributed by atoms with Gasteiger partial charge in [-0.25, -0.2) is 4.98 Å². The lowest BCUT2D eigenvalue weighted by molar-refractivity contribution is 0.808. The number of anilines is 2. The average molecular weight is 256 g/mol. The van der Waals surface area contributed by atoms with Gasteiger partial charge in [0, 0.05) is 16.7 Å². The average Bonchev–Trinajstić information content (AvgIpc) is 2.10. The Balaban J connectivity index is 2.71. The molecule has 3 nitrogen and oxygen atoms in total. The van der Waals surface area contributed by atoms with E-state index in [1.807, 2.05) is 12.1 Å². The third-order valence-electron chi connectivity index (χ3n) is 1.79. The van der Waals surface area contributed by atoms with Crippen molar-refractivity contribution in [1.82, 2.24) is 4.98 Å². The molecule has 3 N–H and O–H groups in total. The van der Waals surface area contributed by atoms with Crippen molar-refractivity contribution in [3.63, 3.8) is 0 Å². The van der Waals surface area contributed by atoms with E-state index in [0.717, 1.165) is 16.7 Å². The summed E-state index contributed by atoms with van der Waals surface area (Å²) in [5.41, 5.74) is 6.43. The van der Waals surface area contributed by atoms with Crippen LogP contribution in [0.25, 0.3) is 0 Å². The minimum absolute atomic E-state index is 0.295. The summed E-state index contributed by atoms with van der Waals surface area (Å²) in [4.78, 5) is 4.18. The van der Waals surface area contributed by atoms with E-state index in [4.69, 9.17) is 5.73 Å². The molecule has 0 spiro atoms. The van der Waals surface area contributed by atoms with Crippen LogP contribution in [0.15, 0.2) is 29.4 Å². The summed E-state index contributed by atoms with van der Waals surface area (Å²) in [5, 5.41) is 3.21. The van der Waals surface area contributed by atoms with Gasteiger partial charge in [-0.15, -0.1) is 6.58 Å². The van der Waals surface area contributed by atoms with Gasteiger partial charge in [0.05, 0.1) is 5.69 Å². The first-order valence-corrected chi connectivity index (χ1v) is 5.21. The largest absolute Gasteiger partial charge is 0.396 e. The molecule has 0 amide bonds. The molecule has 0 aromatic carbocycles. The second-order valence-corrected chi connectivity index (χ2v) is 4.08. The van der Waals surface area contributed by atoms with Crippen LogP contribution in [-0.4, -0.2) is 11.0 Å². The smallest absolute Gasteiger partial charge is 0.149 e. The van der Waals surface area contributed by atoms with E-state index in [0.29, 0.717) is 11.7 Å². The Kier molecular flexibility index (Phi) is 3.95. The zero-order valence-corrected chi connectivity index (χ0v) is 9.71. The summed E-state index contributed by atoms with van der Waals surface area (Å²) in [7, 11) is 0. The summed E-state index contributed by atoms with van der Waals surface area (Å²) < 4.78 is 0.886. The van der Waals surface area contributed by atoms with Crippen molar-refractivity contribution in [2.45, 2.75) is 19.4 Å². The van der Waals surface area contributed by atoms with Crippen molar-refractivity contribution in [2.75, 3.05) is 11.1 Å². The molecule has 1 aromatic heterocycles. The number of nitrogens with two attached hydrogens (primary N) is 1. The van der Waals surface area contributed by atoms with Gasteiger partial charge in [0.25, 0.3) is 0 Å². The van der Waals surface area contributed by atoms with Crippen LogP contribution in [0.2, 0.25) is 0 Å². The maximum atomic E-state index is 5.79. The fourth-order valence-electron chi connectivity index (χ4n) is 1.12. The van der Waals surface area contributed by atoms with Crippen molar-refractivity contribution in [2.24, 2.45) is 0 Å². The number of rotatable bonds is 4. The highest BCUT2D eigenvalue weighted by Gasteiger charge is 2.04. The molecular weight excluding hydrogens is 242 g/mol. The van der Waals surface area contributed by atoms with Gasteiger partial charge in [-0.1, -0.05) is 6.08 Å². The van der Waals surface area contributed by atoms with Gasteiger partial charge in [-0.2, -0.15) is 0 Å². The zero-order chi connectivity index (χ0) is 10.6. The maximum absolute atomic E-state index is 5.79. The SMILES string of the molecule is C=CCC(C)Nc1ncc(Br)cc1N. The molecule has 0 fully saturated rings. The highest BCUT2D eigenvalue weighted by molar-refractivity contribution is 9.10. The Morgan fingerprint density at radius 2 is 2.50 bits per heavy atom. The molecule has 14 heavy (non-hydrogen) atoms. The third kappa shape index (κ3) is 3.03. The van der Waals surface area contributed by atoms with E-state index in [9.17, 15) is 0 Å². The Bertz CT molecular complexity index is 325. The summed E-state index contributed by atoms with van der Waals surface area (Å²) in [6.45, 7) is 5.74. The lowest BCUT2D eigenvalue weighted by Crippen LogP contribution is -2.16. The van der Waals surface area contributed by atoms with E-state index in [2.05, 4.69) is 39.7 Å². The van der Waals surface area contributed by atoms with E-state index in [1.165, 1.54) is 0 Å². The topological polar surface area (TPSA) is 50.9 Å². The first kappa shape index (κ1) is 11.0. The molecule has 1 heterocycles. The fraction of sp³-hybridized carbons (Fsp3) is 0.300. The van der Waals surface area contributed by atoms with Gasteiger partial charge in [-0.3, -0.25) is 0 Å². The maximum Gasteiger partial charge on any atom is 0.149 e. The zero-order valence-electron chi connectivity index (χ0n) is 8.13. The van der Waals surface area contributed by atoms with Gasteiger partial charge in [0.15, 0.2) is 0 Å². The molecule has 0 aliphatic rings.